The predicted octanol–water partition coefficient (Wildman–Crippen LogP) is 5.04. The van der Waals surface area contributed by atoms with E-state index in [2.05, 4.69) is 10.1 Å². The van der Waals surface area contributed by atoms with Crippen LogP contribution in [0.5, 0.6) is 5.75 Å². The number of urea groups is 1. The Morgan fingerprint density at radius 1 is 1.09 bits per heavy atom. The lowest BCUT2D eigenvalue weighted by atomic mass is 10.1. The third-order valence-corrected chi connectivity index (χ3v) is 5.45. The lowest BCUT2D eigenvalue weighted by Gasteiger charge is -2.09. The first-order valence-electron chi connectivity index (χ1n) is 10.0. The van der Waals surface area contributed by atoms with Crippen molar-refractivity contribution in [2.24, 2.45) is 0 Å². The number of carbonyl (C=O) groups is 3. The lowest BCUT2D eigenvalue weighted by molar-refractivity contribution is -0.123. The molecule has 0 spiro atoms. The summed E-state index contributed by atoms with van der Waals surface area (Å²) in [6, 6.07) is 14.6. The van der Waals surface area contributed by atoms with Crippen LogP contribution in [0.15, 0.2) is 64.7 Å². The highest BCUT2D eigenvalue weighted by Crippen LogP contribution is 2.28. The Hall–Kier alpha value is -3.75. The fourth-order valence-corrected chi connectivity index (χ4v) is 3.55. The highest BCUT2D eigenvalue weighted by Gasteiger charge is 2.34. The van der Waals surface area contributed by atoms with E-state index in [1.54, 1.807) is 30.3 Å². The van der Waals surface area contributed by atoms with Crippen LogP contribution in [-0.2, 0) is 22.7 Å². The number of halogens is 2. The Labute approximate surface area is 204 Å². The number of carbonyl (C=O) groups excluding carboxylic acids is 3. The van der Waals surface area contributed by atoms with Crippen molar-refractivity contribution in [3.63, 3.8) is 0 Å². The molecule has 10 heteroatoms. The SMILES string of the molecule is COC(=O)c1ccc(CN2C(=O)N/C(=C\c3ccc(OCc4ccc(Cl)cc4)c(Cl)c3)C2=O)o1. The van der Waals surface area contributed by atoms with Gasteiger partial charge in [0.05, 0.1) is 18.7 Å². The standard InChI is InChI=1S/C24H18Cl2N2O6/c1-32-23(30)21-9-7-17(34-21)12-28-22(29)19(27-24(28)31)11-15-4-8-20(18(26)10-15)33-13-14-2-5-16(25)6-3-14/h2-11H,12-13H2,1H3,(H,27,31)/b19-11-. The summed E-state index contributed by atoms with van der Waals surface area (Å²) < 4.78 is 15.7. The third kappa shape index (κ3) is 5.24. The van der Waals surface area contributed by atoms with E-state index in [0.717, 1.165) is 10.5 Å². The molecule has 2 heterocycles. The molecule has 1 aliphatic heterocycles. The van der Waals surface area contributed by atoms with Gasteiger partial charge in [-0.15, -0.1) is 0 Å². The number of benzene rings is 2. The van der Waals surface area contributed by atoms with Gasteiger partial charge in [0, 0.05) is 5.02 Å². The third-order valence-electron chi connectivity index (χ3n) is 4.90. The first kappa shape index (κ1) is 23.4. The highest BCUT2D eigenvalue weighted by atomic mass is 35.5. The van der Waals surface area contributed by atoms with Crippen molar-refractivity contribution in [3.8, 4) is 5.75 Å². The molecule has 1 aliphatic rings. The zero-order valence-electron chi connectivity index (χ0n) is 17.8. The Kier molecular flexibility index (Phi) is 6.90. The maximum absolute atomic E-state index is 12.7. The molecule has 0 aliphatic carbocycles. The smallest absolute Gasteiger partial charge is 0.373 e. The molecule has 0 atom stereocenters. The van der Waals surface area contributed by atoms with E-state index in [9.17, 15) is 14.4 Å². The molecule has 1 fully saturated rings. The van der Waals surface area contributed by atoms with Gasteiger partial charge < -0.3 is 19.2 Å². The molecule has 3 amide bonds. The molecule has 1 N–H and O–H groups in total. The fourth-order valence-electron chi connectivity index (χ4n) is 3.18. The van der Waals surface area contributed by atoms with Gasteiger partial charge in [-0.1, -0.05) is 41.4 Å². The Morgan fingerprint density at radius 3 is 2.56 bits per heavy atom. The van der Waals surface area contributed by atoms with E-state index in [4.69, 9.17) is 32.4 Å². The molecule has 1 aromatic heterocycles. The summed E-state index contributed by atoms with van der Waals surface area (Å²) in [5.74, 6) is -0.480. The van der Waals surface area contributed by atoms with Gasteiger partial charge in [-0.25, -0.2) is 9.59 Å². The lowest BCUT2D eigenvalue weighted by Crippen LogP contribution is -2.30. The molecule has 0 bridgehead atoms. The van der Waals surface area contributed by atoms with Crippen LogP contribution in [0, 0.1) is 0 Å². The monoisotopic (exact) mass is 500 g/mol. The zero-order valence-corrected chi connectivity index (χ0v) is 19.4. The summed E-state index contributed by atoms with van der Waals surface area (Å²) in [7, 11) is 1.23. The second kappa shape index (κ2) is 10.0. The second-order valence-corrected chi connectivity index (χ2v) is 8.09. The van der Waals surface area contributed by atoms with Crippen LogP contribution in [0.4, 0.5) is 4.79 Å². The minimum absolute atomic E-state index is 0.0201. The number of hydrogen-bond acceptors (Lipinski definition) is 6. The normalized spacial score (nSPS) is 14.4. The van der Waals surface area contributed by atoms with Gasteiger partial charge in [0.2, 0.25) is 5.76 Å². The van der Waals surface area contributed by atoms with Crippen molar-refractivity contribution in [2.75, 3.05) is 7.11 Å². The van der Waals surface area contributed by atoms with E-state index in [-0.39, 0.29) is 23.8 Å². The van der Waals surface area contributed by atoms with E-state index in [0.29, 0.717) is 28.0 Å². The van der Waals surface area contributed by atoms with Crippen molar-refractivity contribution in [2.45, 2.75) is 13.2 Å². The number of hydrogen-bond donors (Lipinski definition) is 1. The molecule has 0 saturated carbocycles. The molecule has 0 radical (unpaired) electrons. The number of ether oxygens (including phenoxy) is 2. The second-order valence-electron chi connectivity index (χ2n) is 7.24. The minimum atomic E-state index is -0.651. The summed E-state index contributed by atoms with van der Waals surface area (Å²) >= 11 is 12.2. The van der Waals surface area contributed by atoms with Crippen LogP contribution in [0.2, 0.25) is 10.0 Å². The van der Waals surface area contributed by atoms with Gasteiger partial charge in [0.15, 0.2) is 0 Å². The molecule has 8 nitrogen and oxygen atoms in total. The summed E-state index contributed by atoms with van der Waals surface area (Å²) in [6.07, 6.45) is 1.51. The van der Waals surface area contributed by atoms with Gasteiger partial charge in [0.25, 0.3) is 5.91 Å². The van der Waals surface area contributed by atoms with Crippen LogP contribution in [0.1, 0.15) is 27.4 Å². The fraction of sp³-hybridized carbons (Fsp3) is 0.125. The highest BCUT2D eigenvalue weighted by molar-refractivity contribution is 6.32. The van der Waals surface area contributed by atoms with Crippen LogP contribution < -0.4 is 10.1 Å². The maximum atomic E-state index is 12.7. The Balaban J connectivity index is 1.43. The van der Waals surface area contributed by atoms with Gasteiger partial charge in [-0.2, -0.15) is 0 Å². The van der Waals surface area contributed by atoms with Crippen molar-refractivity contribution in [1.82, 2.24) is 10.2 Å². The van der Waals surface area contributed by atoms with Gasteiger partial charge >= 0.3 is 12.0 Å². The topological polar surface area (TPSA) is 98.1 Å². The van der Waals surface area contributed by atoms with Crippen molar-refractivity contribution >= 4 is 47.2 Å². The quantitative estimate of drug-likeness (QED) is 0.277. The summed E-state index contributed by atoms with van der Waals surface area (Å²) in [6.45, 7) is 0.169. The number of amides is 3. The number of methoxy groups -OCH3 is 1. The van der Waals surface area contributed by atoms with Gasteiger partial charge in [-0.3, -0.25) is 9.69 Å². The summed E-state index contributed by atoms with van der Waals surface area (Å²) in [4.78, 5) is 37.5. The number of rotatable bonds is 7. The molecule has 4 rings (SSSR count). The zero-order chi connectivity index (χ0) is 24.2. The van der Waals surface area contributed by atoms with Crippen molar-refractivity contribution in [1.29, 1.82) is 0 Å². The average Bonchev–Trinajstić information content (AvgIpc) is 3.39. The number of esters is 1. The van der Waals surface area contributed by atoms with E-state index >= 15 is 0 Å². The Bertz CT molecular complexity index is 1280. The summed E-state index contributed by atoms with van der Waals surface area (Å²) in [5, 5.41) is 3.52. The first-order valence-corrected chi connectivity index (χ1v) is 10.8. The molecule has 1 saturated heterocycles. The molecular weight excluding hydrogens is 483 g/mol. The number of furan rings is 1. The van der Waals surface area contributed by atoms with Crippen LogP contribution >= 0.6 is 23.2 Å². The van der Waals surface area contributed by atoms with Gasteiger partial charge in [-0.05, 0) is 53.6 Å². The minimum Gasteiger partial charge on any atom is -0.487 e. The van der Waals surface area contributed by atoms with Gasteiger partial charge in [0.1, 0.15) is 23.8 Å². The van der Waals surface area contributed by atoms with E-state index < -0.39 is 17.9 Å². The first-order chi connectivity index (χ1) is 16.3. The predicted molar refractivity (Wildman–Crippen MR) is 124 cm³/mol. The molecule has 0 unspecified atom stereocenters. The molecule has 3 aromatic rings. The average molecular weight is 501 g/mol. The number of nitrogens with one attached hydrogen (secondary N) is 1. The van der Waals surface area contributed by atoms with Crippen LogP contribution in [0.25, 0.3) is 6.08 Å². The molecule has 2 aromatic carbocycles. The Morgan fingerprint density at radius 2 is 1.85 bits per heavy atom. The van der Waals surface area contributed by atoms with E-state index in [1.807, 2.05) is 12.1 Å². The van der Waals surface area contributed by atoms with Crippen molar-refractivity contribution in [3.05, 3.63) is 93.0 Å². The number of imide groups is 1. The number of nitrogens with zero attached hydrogens (tertiary/aromatic N) is 1. The molecular formula is C24H18Cl2N2O6. The van der Waals surface area contributed by atoms with Crippen LogP contribution in [0.3, 0.4) is 0 Å². The van der Waals surface area contributed by atoms with E-state index in [1.165, 1.54) is 25.3 Å². The molecule has 174 valence electrons. The molecule has 34 heavy (non-hydrogen) atoms. The largest absolute Gasteiger partial charge is 0.487 e. The van der Waals surface area contributed by atoms with Crippen molar-refractivity contribution < 1.29 is 28.3 Å². The van der Waals surface area contributed by atoms with Crippen LogP contribution in [-0.4, -0.2) is 29.9 Å². The summed E-state index contributed by atoms with van der Waals surface area (Å²) in [5.41, 5.74) is 1.61. The maximum Gasteiger partial charge on any atom is 0.373 e.